The summed E-state index contributed by atoms with van der Waals surface area (Å²) in [5.41, 5.74) is 2.49. The van der Waals surface area contributed by atoms with Crippen molar-refractivity contribution in [3.8, 4) is 11.5 Å². The first-order valence-electron chi connectivity index (χ1n) is 7.68. The lowest BCUT2D eigenvalue weighted by Gasteiger charge is -2.26. The number of rotatable bonds is 6. The van der Waals surface area contributed by atoms with E-state index in [1.807, 2.05) is 13.0 Å². The summed E-state index contributed by atoms with van der Waals surface area (Å²) in [4.78, 5) is 2.47. The van der Waals surface area contributed by atoms with Gasteiger partial charge in [-0.15, -0.1) is 0 Å². The number of aliphatic hydroxyl groups excluding tert-OH is 1. The Balaban J connectivity index is 2.15. The molecule has 1 heterocycles. The number of nitrogens with zero attached hydrogens (tertiary/aromatic N) is 1. The van der Waals surface area contributed by atoms with Gasteiger partial charge in [0, 0.05) is 12.6 Å². The van der Waals surface area contributed by atoms with Gasteiger partial charge in [-0.05, 0) is 62.9 Å². The van der Waals surface area contributed by atoms with Gasteiger partial charge in [-0.3, -0.25) is 4.90 Å². The summed E-state index contributed by atoms with van der Waals surface area (Å²) < 4.78 is 10.7. The van der Waals surface area contributed by atoms with E-state index in [0.717, 1.165) is 31.0 Å². The first-order chi connectivity index (χ1) is 10.0. The molecule has 0 aromatic heterocycles. The van der Waals surface area contributed by atoms with Crippen molar-refractivity contribution in [2.24, 2.45) is 0 Å². The van der Waals surface area contributed by atoms with Crippen LogP contribution in [0.5, 0.6) is 11.5 Å². The molecule has 21 heavy (non-hydrogen) atoms. The van der Waals surface area contributed by atoms with Crippen LogP contribution in [0.3, 0.4) is 0 Å². The molecular weight excluding hydrogens is 266 g/mol. The number of methoxy groups -OCH3 is 2. The SMILES string of the molecule is COc1cc(C)c(CN2CCC[C@@H]2C[C@@H](C)O)cc1OC. The van der Waals surface area contributed by atoms with Crippen LogP contribution in [0.25, 0.3) is 0 Å². The number of hydrogen-bond donors (Lipinski definition) is 1. The molecule has 0 bridgehead atoms. The second-order valence-electron chi connectivity index (χ2n) is 5.98. The zero-order valence-electron chi connectivity index (χ0n) is 13.6. The topological polar surface area (TPSA) is 41.9 Å². The summed E-state index contributed by atoms with van der Waals surface area (Å²) in [6.45, 7) is 5.99. The summed E-state index contributed by atoms with van der Waals surface area (Å²) in [6, 6.07) is 4.59. The highest BCUT2D eigenvalue weighted by molar-refractivity contribution is 5.47. The molecule has 2 rings (SSSR count). The Morgan fingerprint density at radius 2 is 1.95 bits per heavy atom. The van der Waals surface area contributed by atoms with E-state index in [2.05, 4.69) is 17.9 Å². The lowest BCUT2D eigenvalue weighted by Crippen LogP contribution is -2.31. The molecule has 2 atom stereocenters. The molecule has 1 aliphatic heterocycles. The number of ether oxygens (including phenoxy) is 2. The largest absolute Gasteiger partial charge is 0.493 e. The van der Waals surface area contributed by atoms with Crippen LogP contribution in [0.4, 0.5) is 0 Å². The first kappa shape index (κ1) is 16.1. The van der Waals surface area contributed by atoms with Crippen LogP contribution in [-0.4, -0.2) is 42.9 Å². The molecule has 0 amide bonds. The van der Waals surface area contributed by atoms with Crippen molar-refractivity contribution >= 4 is 0 Å². The monoisotopic (exact) mass is 293 g/mol. The molecular formula is C17H27NO3. The third kappa shape index (κ3) is 3.89. The molecule has 0 aliphatic carbocycles. The zero-order chi connectivity index (χ0) is 15.4. The second-order valence-corrected chi connectivity index (χ2v) is 5.98. The van der Waals surface area contributed by atoms with Crippen molar-refractivity contribution in [2.45, 2.75) is 51.8 Å². The number of hydrogen-bond acceptors (Lipinski definition) is 4. The average molecular weight is 293 g/mol. The number of likely N-dealkylation sites (tertiary alicyclic amines) is 1. The lowest BCUT2D eigenvalue weighted by atomic mass is 10.0. The van der Waals surface area contributed by atoms with Crippen LogP contribution in [0, 0.1) is 6.92 Å². The van der Waals surface area contributed by atoms with Crippen LogP contribution < -0.4 is 9.47 Å². The van der Waals surface area contributed by atoms with Gasteiger partial charge in [-0.2, -0.15) is 0 Å². The van der Waals surface area contributed by atoms with Crippen molar-refractivity contribution in [1.82, 2.24) is 4.90 Å². The second kappa shape index (κ2) is 7.14. The van der Waals surface area contributed by atoms with Gasteiger partial charge in [0.15, 0.2) is 11.5 Å². The van der Waals surface area contributed by atoms with Crippen molar-refractivity contribution < 1.29 is 14.6 Å². The van der Waals surface area contributed by atoms with E-state index in [1.54, 1.807) is 14.2 Å². The summed E-state index contributed by atoms with van der Waals surface area (Å²) in [7, 11) is 3.33. The molecule has 1 aliphatic rings. The molecule has 1 fully saturated rings. The van der Waals surface area contributed by atoms with E-state index >= 15 is 0 Å². The Labute approximate surface area is 127 Å². The molecule has 0 saturated carbocycles. The van der Waals surface area contributed by atoms with Crippen LogP contribution in [-0.2, 0) is 6.54 Å². The molecule has 4 nitrogen and oxygen atoms in total. The van der Waals surface area contributed by atoms with Crippen molar-refractivity contribution in [1.29, 1.82) is 0 Å². The maximum Gasteiger partial charge on any atom is 0.161 e. The minimum atomic E-state index is -0.234. The van der Waals surface area contributed by atoms with Gasteiger partial charge in [0.05, 0.1) is 20.3 Å². The minimum absolute atomic E-state index is 0.234. The molecule has 4 heteroatoms. The summed E-state index contributed by atoms with van der Waals surface area (Å²) >= 11 is 0. The lowest BCUT2D eigenvalue weighted by molar-refractivity contribution is 0.130. The van der Waals surface area contributed by atoms with Gasteiger partial charge in [0.1, 0.15) is 0 Å². The molecule has 1 saturated heterocycles. The van der Waals surface area contributed by atoms with E-state index < -0.39 is 0 Å². The van der Waals surface area contributed by atoms with E-state index in [9.17, 15) is 5.11 Å². The third-order valence-electron chi connectivity index (χ3n) is 4.33. The van der Waals surface area contributed by atoms with Crippen LogP contribution in [0.2, 0.25) is 0 Å². The van der Waals surface area contributed by atoms with Crippen LogP contribution in [0.15, 0.2) is 12.1 Å². The fourth-order valence-corrected chi connectivity index (χ4v) is 3.18. The predicted molar refractivity (Wildman–Crippen MR) is 84.0 cm³/mol. The fraction of sp³-hybridized carbons (Fsp3) is 0.647. The van der Waals surface area contributed by atoms with Gasteiger partial charge in [-0.1, -0.05) is 0 Å². The molecule has 0 spiro atoms. The Kier molecular flexibility index (Phi) is 5.48. The first-order valence-corrected chi connectivity index (χ1v) is 7.68. The normalized spacial score (nSPS) is 20.5. The van der Waals surface area contributed by atoms with Gasteiger partial charge in [0.2, 0.25) is 0 Å². The van der Waals surface area contributed by atoms with Crippen LogP contribution >= 0.6 is 0 Å². The van der Waals surface area contributed by atoms with E-state index in [4.69, 9.17) is 9.47 Å². The number of aryl methyl sites for hydroxylation is 1. The zero-order valence-corrected chi connectivity index (χ0v) is 13.6. The highest BCUT2D eigenvalue weighted by Gasteiger charge is 2.26. The summed E-state index contributed by atoms with van der Waals surface area (Å²) in [5, 5.41) is 9.64. The standard InChI is InChI=1S/C17H27NO3/c1-12-8-16(20-3)17(21-4)10-14(12)11-18-7-5-6-15(18)9-13(2)19/h8,10,13,15,19H,5-7,9,11H2,1-4H3/t13-,15-/m1/s1. The van der Waals surface area contributed by atoms with Gasteiger partial charge < -0.3 is 14.6 Å². The van der Waals surface area contributed by atoms with Crippen molar-refractivity contribution in [3.63, 3.8) is 0 Å². The van der Waals surface area contributed by atoms with Crippen molar-refractivity contribution in [2.75, 3.05) is 20.8 Å². The molecule has 118 valence electrons. The van der Waals surface area contributed by atoms with Gasteiger partial charge >= 0.3 is 0 Å². The number of benzene rings is 1. The molecule has 0 unspecified atom stereocenters. The molecule has 0 radical (unpaired) electrons. The van der Waals surface area contributed by atoms with Gasteiger partial charge in [-0.25, -0.2) is 0 Å². The molecule has 1 N–H and O–H groups in total. The van der Waals surface area contributed by atoms with Crippen LogP contribution in [0.1, 0.15) is 37.3 Å². The highest BCUT2D eigenvalue weighted by atomic mass is 16.5. The van der Waals surface area contributed by atoms with E-state index in [1.165, 1.54) is 24.0 Å². The van der Waals surface area contributed by atoms with Gasteiger partial charge in [0.25, 0.3) is 0 Å². The minimum Gasteiger partial charge on any atom is -0.493 e. The Morgan fingerprint density at radius 3 is 2.57 bits per heavy atom. The quantitative estimate of drug-likeness (QED) is 0.875. The molecule has 1 aromatic rings. The Bertz CT molecular complexity index is 473. The summed E-state index contributed by atoms with van der Waals surface area (Å²) in [6.07, 6.45) is 3.01. The average Bonchev–Trinajstić information content (AvgIpc) is 2.87. The smallest absolute Gasteiger partial charge is 0.161 e. The maximum absolute atomic E-state index is 9.64. The maximum atomic E-state index is 9.64. The predicted octanol–water partition coefficient (Wildman–Crippen LogP) is 2.75. The van der Waals surface area contributed by atoms with E-state index in [-0.39, 0.29) is 6.10 Å². The fourth-order valence-electron chi connectivity index (χ4n) is 3.18. The third-order valence-corrected chi connectivity index (χ3v) is 4.33. The summed E-state index contributed by atoms with van der Waals surface area (Å²) in [5.74, 6) is 1.56. The van der Waals surface area contributed by atoms with E-state index in [0.29, 0.717) is 6.04 Å². The number of aliphatic hydroxyl groups is 1. The highest BCUT2D eigenvalue weighted by Crippen LogP contribution is 2.32. The van der Waals surface area contributed by atoms with Crippen molar-refractivity contribution in [3.05, 3.63) is 23.3 Å². The molecule has 1 aromatic carbocycles. The Hall–Kier alpha value is -1.26. The Morgan fingerprint density at radius 1 is 1.29 bits per heavy atom.